The van der Waals surface area contributed by atoms with E-state index in [1.807, 2.05) is 54.1 Å². The fourth-order valence-corrected chi connectivity index (χ4v) is 3.30. The third kappa shape index (κ3) is 2.98. The van der Waals surface area contributed by atoms with Crippen LogP contribution in [0, 0.1) is 13.8 Å². The van der Waals surface area contributed by atoms with Crippen molar-refractivity contribution in [2.75, 3.05) is 3.86 Å². The van der Waals surface area contributed by atoms with E-state index in [1.54, 1.807) is 0 Å². The molecule has 0 aliphatic rings. The molecule has 3 nitrogen and oxygen atoms in total. The van der Waals surface area contributed by atoms with Crippen LogP contribution in [0.15, 0.2) is 36.4 Å². The van der Waals surface area contributed by atoms with Gasteiger partial charge in [0.1, 0.15) is 0 Å². The van der Waals surface area contributed by atoms with E-state index in [-0.39, 0.29) is 0 Å². The number of anilines is 2. The zero-order valence-electron chi connectivity index (χ0n) is 9.68. The molecule has 2 heterocycles. The first-order valence-corrected chi connectivity index (χ1v) is 8.94. The number of rotatable bonds is 3. The van der Waals surface area contributed by atoms with E-state index in [2.05, 4.69) is 9.97 Å². The van der Waals surface area contributed by atoms with Gasteiger partial charge in [0.05, 0.1) is 0 Å². The standard InChI is InChI=1S/C12H12ClGeN3/c1-9-5-3-7-11(15-9)17(14-13)12-8-4-6-10(2)16-12/h3-8H,1-2H3. The summed E-state index contributed by atoms with van der Waals surface area (Å²) in [4.78, 5) is 8.97. The Labute approximate surface area is 112 Å². The van der Waals surface area contributed by atoms with Crippen molar-refractivity contribution >= 4 is 36.4 Å². The third-order valence-corrected chi connectivity index (χ3v) is 4.48. The molecule has 0 atom stereocenters. The van der Waals surface area contributed by atoms with Crippen LogP contribution in [-0.4, -0.2) is 24.7 Å². The molecule has 0 aromatic carbocycles. The summed E-state index contributed by atoms with van der Waals surface area (Å²) in [6, 6.07) is 11.8. The monoisotopic (exact) mass is 307 g/mol. The molecule has 0 spiro atoms. The van der Waals surface area contributed by atoms with Crippen molar-refractivity contribution in [1.82, 2.24) is 9.97 Å². The summed E-state index contributed by atoms with van der Waals surface area (Å²) in [6.45, 7) is 3.94. The number of nitrogens with zero attached hydrogens (tertiary/aromatic N) is 3. The molecule has 2 aromatic heterocycles. The maximum atomic E-state index is 6.11. The van der Waals surface area contributed by atoms with Gasteiger partial charge in [0.2, 0.25) is 0 Å². The fourth-order valence-electron chi connectivity index (χ4n) is 1.51. The molecule has 5 heteroatoms. The first-order chi connectivity index (χ1) is 8.20. The molecule has 2 aromatic rings. The molecule has 0 N–H and O–H groups in total. The number of aromatic nitrogens is 2. The fraction of sp³-hybridized carbons (Fsp3) is 0.167. The van der Waals surface area contributed by atoms with E-state index in [4.69, 9.17) is 10.0 Å². The van der Waals surface area contributed by atoms with Crippen LogP contribution in [-0.2, 0) is 0 Å². The molecule has 86 valence electrons. The minimum atomic E-state index is -0.795. The summed E-state index contributed by atoms with van der Waals surface area (Å²) in [7, 11) is 6.11. The second-order valence-corrected chi connectivity index (χ2v) is 5.87. The second kappa shape index (κ2) is 5.51. The van der Waals surface area contributed by atoms with Crippen LogP contribution in [0.25, 0.3) is 0 Å². The number of aryl methyl sites for hydroxylation is 2. The Morgan fingerprint density at radius 1 is 0.941 bits per heavy atom. The van der Waals surface area contributed by atoms with Crippen LogP contribution in [0.4, 0.5) is 11.6 Å². The Kier molecular flexibility index (Phi) is 4.02. The number of pyridine rings is 2. The molecule has 0 saturated heterocycles. The maximum absolute atomic E-state index is 6.11. The topological polar surface area (TPSA) is 29.0 Å². The van der Waals surface area contributed by atoms with Gasteiger partial charge in [-0.1, -0.05) is 0 Å². The zero-order valence-corrected chi connectivity index (χ0v) is 12.5. The van der Waals surface area contributed by atoms with Gasteiger partial charge in [0.15, 0.2) is 0 Å². The van der Waals surface area contributed by atoms with Gasteiger partial charge in [-0.2, -0.15) is 0 Å². The molecule has 0 aliphatic carbocycles. The van der Waals surface area contributed by atoms with Crippen LogP contribution in [0.3, 0.4) is 0 Å². The van der Waals surface area contributed by atoms with Crippen molar-refractivity contribution in [3.8, 4) is 0 Å². The van der Waals surface area contributed by atoms with Gasteiger partial charge < -0.3 is 0 Å². The van der Waals surface area contributed by atoms with Gasteiger partial charge in [-0.25, -0.2) is 0 Å². The minimum absolute atomic E-state index is 0.795. The predicted octanol–water partition coefficient (Wildman–Crippen LogP) is 3.00. The molecule has 0 saturated carbocycles. The Morgan fingerprint density at radius 3 is 1.76 bits per heavy atom. The first kappa shape index (κ1) is 12.4. The zero-order chi connectivity index (χ0) is 12.3. The van der Waals surface area contributed by atoms with E-state index in [0.717, 1.165) is 23.0 Å². The molecule has 2 rings (SSSR count). The SMILES string of the molecule is Cc1cccc([N]([Ge][Cl])c2cccc(C)n2)n1. The summed E-state index contributed by atoms with van der Waals surface area (Å²) in [6.07, 6.45) is 0. The van der Waals surface area contributed by atoms with Gasteiger partial charge in [-0.3, -0.25) is 0 Å². The molecule has 0 bridgehead atoms. The molecular weight excluding hydrogens is 294 g/mol. The van der Waals surface area contributed by atoms with Crippen LogP contribution in [0.1, 0.15) is 11.4 Å². The van der Waals surface area contributed by atoms with Gasteiger partial charge >= 0.3 is 112 Å². The normalized spacial score (nSPS) is 10.3. The van der Waals surface area contributed by atoms with E-state index in [9.17, 15) is 0 Å². The Balaban J connectivity index is 2.40. The molecule has 0 aliphatic heterocycles. The number of hydrogen-bond acceptors (Lipinski definition) is 3. The van der Waals surface area contributed by atoms with Gasteiger partial charge in [0, 0.05) is 0 Å². The van der Waals surface area contributed by atoms with Crippen molar-refractivity contribution in [2.45, 2.75) is 13.8 Å². The van der Waals surface area contributed by atoms with Crippen LogP contribution >= 0.6 is 10.0 Å². The van der Waals surface area contributed by atoms with E-state index in [0.29, 0.717) is 0 Å². The molecule has 0 fully saturated rings. The quantitative estimate of drug-likeness (QED) is 0.816. The van der Waals surface area contributed by atoms with E-state index < -0.39 is 14.7 Å². The Hall–Kier alpha value is -1.07. The summed E-state index contributed by atoms with van der Waals surface area (Å²) < 4.78 is 2.00. The van der Waals surface area contributed by atoms with Gasteiger partial charge in [0.25, 0.3) is 0 Å². The number of hydrogen-bond donors (Lipinski definition) is 0. The van der Waals surface area contributed by atoms with Crippen LogP contribution in [0.2, 0.25) is 0 Å². The van der Waals surface area contributed by atoms with E-state index in [1.165, 1.54) is 0 Å². The average Bonchev–Trinajstić information content (AvgIpc) is 2.30. The van der Waals surface area contributed by atoms with Crippen molar-refractivity contribution < 1.29 is 0 Å². The van der Waals surface area contributed by atoms with Gasteiger partial charge in [-0.15, -0.1) is 0 Å². The number of halogens is 1. The first-order valence-electron chi connectivity index (χ1n) is 5.24. The Bertz CT molecular complexity index is 473. The molecule has 0 unspecified atom stereocenters. The summed E-state index contributed by atoms with van der Waals surface area (Å²) >= 11 is -0.795. The van der Waals surface area contributed by atoms with Crippen molar-refractivity contribution in [1.29, 1.82) is 0 Å². The van der Waals surface area contributed by atoms with E-state index >= 15 is 0 Å². The molecule has 17 heavy (non-hydrogen) atoms. The third-order valence-electron chi connectivity index (χ3n) is 2.29. The molecule has 0 amide bonds. The van der Waals surface area contributed by atoms with Crippen molar-refractivity contribution in [3.05, 3.63) is 47.8 Å². The Morgan fingerprint density at radius 2 is 1.41 bits per heavy atom. The summed E-state index contributed by atoms with van der Waals surface area (Å²) in [5.41, 5.74) is 1.97. The predicted molar refractivity (Wildman–Crippen MR) is 71.7 cm³/mol. The molecular formula is C12H12ClGeN3. The summed E-state index contributed by atoms with van der Waals surface area (Å²) in [5, 5.41) is 0. The van der Waals surface area contributed by atoms with Crippen molar-refractivity contribution in [2.24, 2.45) is 0 Å². The van der Waals surface area contributed by atoms with Crippen LogP contribution in [0.5, 0.6) is 0 Å². The van der Waals surface area contributed by atoms with Gasteiger partial charge in [-0.05, 0) is 0 Å². The van der Waals surface area contributed by atoms with Crippen molar-refractivity contribution in [3.63, 3.8) is 0 Å². The second-order valence-electron chi connectivity index (χ2n) is 3.69. The average molecular weight is 306 g/mol. The summed E-state index contributed by atoms with van der Waals surface area (Å²) in [5.74, 6) is 1.75. The van der Waals surface area contributed by atoms with Crippen LogP contribution < -0.4 is 3.86 Å². The molecule has 2 radical (unpaired) electrons.